The number of aryl methyl sites for hydroxylation is 1. The molecule has 0 bridgehead atoms. The summed E-state index contributed by atoms with van der Waals surface area (Å²) in [5.41, 5.74) is 3.70. The number of aromatic nitrogens is 2. The van der Waals surface area contributed by atoms with Crippen LogP contribution in [0.3, 0.4) is 0 Å². The Kier molecular flexibility index (Phi) is 3.08. The van der Waals surface area contributed by atoms with E-state index >= 15 is 0 Å². The molecule has 1 aliphatic heterocycles. The first-order chi connectivity index (χ1) is 10.3. The second kappa shape index (κ2) is 5.08. The van der Waals surface area contributed by atoms with Crippen LogP contribution in [0.2, 0.25) is 0 Å². The molecule has 1 atom stereocenters. The summed E-state index contributed by atoms with van der Waals surface area (Å²) in [7, 11) is 0. The van der Waals surface area contributed by atoms with Crippen LogP contribution in [0.4, 0.5) is 0 Å². The number of thioether (sulfide) groups is 1. The van der Waals surface area contributed by atoms with Gasteiger partial charge in [-0.1, -0.05) is 42.5 Å². The van der Waals surface area contributed by atoms with Crippen molar-refractivity contribution in [2.24, 2.45) is 0 Å². The van der Waals surface area contributed by atoms with Gasteiger partial charge >= 0.3 is 0 Å². The molecule has 0 N–H and O–H groups in total. The summed E-state index contributed by atoms with van der Waals surface area (Å²) in [6.07, 6.45) is 3.10. The number of para-hydroxylation sites is 1. The maximum absolute atomic E-state index is 4.74. The van der Waals surface area contributed by atoms with Crippen molar-refractivity contribution in [2.45, 2.75) is 23.5 Å². The summed E-state index contributed by atoms with van der Waals surface area (Å²) in [6, 6.07) is 19.3. The van der Waals surface area contributed by atoms with Gasteiger partial charge in [-0.3, -0.25) is 0 Å². The average molecular weight is 292 g/mol. The molecule has 0 amide bonds. The lowest BCUT2D eigenvalue weighted by Gasteiger charge is -2.14. The Morgan fingerprint density at radius 3 is 2.67 bits per heavy atom. The third kappa shape index (κ3) is 2.28. The van der Waals surface area contributed by atoms with Gasteiger partial charge in [-0.2, -0.15) is 0 Å². The Bertz CT molecular complexity index is 777. The molecule has 2 nitrogen and oxygen atoms in total. The predicted molar refractivity (Wildman–Crippen MR) is 87.0 cm³/mol. The number of hydrogen-bond donors (Lipinski definition) is 0. The number of nitrogens with zero attached hydrogens (tertiary/aromatic N) is 2. The number of benzene rings is 2. The lowest BCUT2D eigenvalue weighted by Crippen LogP contribution is -2.02. The van der Waals surface area contributed by atoms with Gasteiger partial charge in [0.15, 0.2) is 0 Å². The lowest BCUT2D eigenvalue weighted by atomic mass is 10.1. The van der Waals surface area contributed by atoms with Gasteiger partial charge in [0.2, 0.25) is 0 Å². The maximum Gasteiger partial charge on any atom is 0.115 e. The first kappa shape index (κ1) is 12.7. The van der Waals surface area contributed by atoms with Gasteiger partial charge in [0, 0.05) is 22.8 Å². The van der Waals surface area contributed by atoms with Crippen molar-refractivity contribution < 1.29 is 0 Å². The summed E-state index contributed by atoms with van der Waals surface area (Å²) in [5, 5.41) is 0.412. The van der Waals surface area contributed by atoms with Gasteiger partial charge in [0.25, 0.3) is 0 Å². The summed E-state index contributed by atoms with van der Waals surface area (Å²) in [6.45, 7) is 2.06. The zero-order valence-electron chi connectivity index (χ0n) is 11.9. The van der Waals surface area contributed by atoms with E-state index in [4.69, 9.17) is 4.98 Å². The van der Waals surface area contributed by atoms with Crippen molar-refractivity contribution in [1.82, 2.24) is 9.55 Å². The second-order valence-corrected chi connectivity index (χ2v) is 6.60. The summed E-state index contributed by atoms with van der Waals surface area (Å²) in [4.78, 5) is 6.06. The van der Waals surface area contributed by atoms with Gasteiger partial charge in [0.1, 0.15) is 5.82 Å². The predicted octanol–water partition coefficient (Wildman–Crippen LogP) is 4.57. The van der Waals surface area contributed by atoms with Gasteiger partial charge in [-0.25, -0.2) is 4.98 Å². The van der Waals surface area contributed by atoms with Crippen LogP contribution < -0.4 is 0 Å². The first-order valence-corrected chi connectivity index (χ1v) is 8.05. The molecular weight excluding hydrogens is 276 g/mol. The van der Waals surface area contributed by atoms with E-state index in [1.54, 1.807) is 0 Å². The second-order valence-electron chi connectivity index (χ2n) is 5.36. The highest BCUT2D eigenvalue weighted by atomic mass is 32.2. The standard InChI is InChI=1S/C18H16N2S/c1-13-12-20-15-9-5-6-10-16(15)21-17(11-18(20)19-13)14-7-3-2-4-8-14/h2-10,12,17H,11H2,1H3. The molecule has 2 heterocycles. The van der Waals surface area contributed by atoms with Crippen LogP contribution in [0.1, 0.15) is 22.3 Å². The molecule has 0 aliphatic carbocycles. The topological polar surface area (TPSA) is 17.8 Å². The molecule has 0 saturated carbocycles. The van der Waals surface area contributed by atoms with E-state index in [0.717, 1.165) is 17.9 Å². The monoisotopic (exact) mass is 292 g/mol. The van der Waals surface area contributed by atoms with E-state index in [9.17, 15) is 0 Å². The van der Waals surface area contributed by atoms with E-state index in [2.05, 4.69) is 72.3 Å². The van der Waals surface area contributed by atoms with Crippen LogP contribution in [-0.4, -0.2) is 9.55 Å². The molecule has 3 heteroatoms. The van der Waals surface area contributed by atoms with Gasteiger partial charge < -0.3 is 4.57 Å². The fourth-order valence-corrected chi connectivity index (χ4v) is 4.15. The van der Waals surface area contributed by atoms with E-state index in [-0.39, 0.29) is 0 Å². The summed E-state index contributed by atoms with van der Waals surface area (Å²) >= 11 is 1.94. The zero-order valence-corrected chi connectivity index (χ0v) is 12.7. The SMILES string of the molecule is Cc1cn2c(n1)CC(c1ccccc1)Sc1ccccc1-2. The number of hydrogen-bond acceptors (Lipinski definition) is 2. The third-order valence-electron chi connectivity index (χ3n) is 3.83. The average Bonchev–Trinajstić information content (AvgIpc) is 2.81. The van der Waals surface area contributed by atoms with Crippen LogP contribution in [0, 0.1) is 6.92 Å². The fraction of sp³-hybridized carbons (Fsp3) is 0.167. The number of imidazole rings is 1. The minimum Gasteiger partial charge on any atom is -0.302 e. The summed E-state index contributed by atoms with van der Waals surface area (Å²) < 4.78 is 2.25. The maximum atomic E-state index is 4.74. The van der Waals surface area contributed by atoms with Crippen molar-refractivity contribution in [2.75, 3.05) is 0 Å². The zero-order chi connectivity index (χ0) is 14.2. The Hall–Kier alpha value is -2.00. The largest absolute Gasteiger partial charge is 0.302 e. The quantitative estimate of drug-likeness (QED) is 0.654. The molecule has 4 rings (SSSR count). The van der Waals surface area contributed by atoms with Gasteiger partial charge in [-0.15, -0.1) is 11.8 Å². The molecule has 1 unspecified atom stereocenters. The van der Waals surface area contributed by atoms with E-state index in [0.29, 0.717) is 5.25 Å². The normalized spacial score (nSPS) is 16.9. The van der Waals surface area contributed by atoms with Gasteiger partial charge in [0.05, 0.1) is 11.4 Å². The number of fused-ring (bicyclic) bond motifs is 3. The molecular formula is C18H16N2S. The van der Waals surface area contributed by atoms with E-state index < -0.39 is 0 Å². The Morgan fingerprint density at radius 1 is 1.05 bits per heavy atom. The van der Waals surface area contributed by atoms with Crippen LogP contribution >= 0.6 is 11.8 Å². The van der Waals surface area contributed by atoms with Crippen molar-refractivity contribution in [3.63, 3.8) is 0 Å². The van der Waals surface area contributed by atoms with Crippen molar-refractivity contribution in [3.05, 3.63) is 77.9 Å². The molecule has 0 fully saturated rings. The molecule has 1 aliphatic rings. The fourth-order valence-electron chi connectivity index (χ4n) is 2.87. The summed E-state index contributed by atoms with van der Waals surface area (Å²) in [5.74, 6) is 1.15. The molecule has 1 aromatic heterocycles. The third-order valence-corrected chi connectivity index (χ3v) is 5.16. The van der Waals surface area contributed by atoms with Crippen molar-refractivity contribution in [1.29, 1.82) is 0 Å². The Balaban J connectivity index is 1.87. The van der Waals surface area contributed by atoms with Crippen LogP contribution in [0.5, 0.6) is 0 Å². The van der Waals surface area contributed by atoms with Gasteiger partial charge in [-0.05, 0) is 24.6 Å². The molecule has 0 spiro atoms. The highest BCUT2D eigenvalue weighted by Gasteiger charge is 2.23. The van der Waals surface area contributed by atoms with Crippen molar-refractivity contribution >= 4 is 11.8 Å². The smallest absolute Gasteiger partial charge is 0.115 e. The molecule has 0 radical (unpaired) electrons. The van der Waals surface area contributed by atoms with Crippen molar-refractivity contribution in [3.8, 4) is 5.69 Å². The number of rotatable bonds is 1. The van der Waals surface area contributed by atoms with Crippen LogP contribution in [0.25, 0.3) is 5.69 Å². The lowest BCUT2D eigenvalue weighted by molar-refractivity contribution is 0.822. The first-order valence-electron chi connectivity index (χ1n) is 7.17. The molecule has 21 heavy (non-hydrogen) atoms. The highest BCUT2D eigenvalue weighted by Crippen LogP contribution is 2.43. The molecule has 0 saturated heterocycles. The Morgan fingerprint density at radius 2 is 1.81 bits per heavy atom. The van der Waals surface area contributed by atoms with E-state index in [1.165, 1.54) is 16.1 Å². The molecule has 3 aromatic rings. The highest BCUT2D eigenvalue weighted by molar-refractivity contribution is 7.99. The van der Waals surface area contributed by atoms with Crippen LogP contribution in [0.15, 0.2) is 65.7 Å². The minimum absolute atomic E-state index is 0.412. The molecule has 2 aromatic carbocycles. The van der Waals surface area contributed by atoms with E-state index in [1.807, 2.05) is 11.8 Å². The van der Waals surface area contributed by atoms with Crippen LogP contribution in [-0.2, 0) is 6.42 Å². The Labute approximate surface area is 128 Å². The molecule has 104 valence electrons. The minimum atomic E-state index is 0.412.